The number of rotatable bonds is 4. The number of aryl methyl sites for hydroxylation is 1. The van der Waals surface area contributed by atoms with Crippen molar-refractivity contribution in [3.8, 4) is 0 Å². The molecule has 0 bridgehead atoms. The normalized spacial score (nSPS) is 10.3. The van der Waals surface area contributed by atoms with E-state index in [0.717, 1.165) is 23.2 Å². The van der Waals surface area contributed by atoms with Crippen molar-refractivity contribution in [2.75, 3.05) is 18.5 Å². The Hall–Kier alpha value is -2.13. The van der Waals surface area contributed by atoms with Gasteiger partial charge in [0, 0.05) is 18.3 Å². The number of nitrogens with zero attached hydrogens (tertiary/aromatic N) is 1. The number of carbonyl (C=O) groups excluding carboxylic acids is 1. The Bertz CT molecular complexity index is 607. The molecule has 1 amide bonds. The first kappa shape index (κ1) is 14.3. The van der Waals surface area contributed by atoms with Crippen molar-refractivity contribution in [1.29, 1.82) is 0 Å². The molecule has 2 N–H and O–H groups in total. The van der Waals surface area contributed by atoms with E-state index in [2.05, 4.69) is 0 Å². The lowest BCUT2D eigenvalue weighted by molar-refractivity contribution is 0.0993. The number of hydrogen-bond acceptors (Lipinski definition) is 2. The first-order chi connectivity index (χ1) is 9.63. The highest BCUT2D eigenvalue weighted by Crippen LogP contribution is 2.20. The molecule has 3 nitrogen and oxygen atoms in total. The third kappa shape index (κ3) is 3.06. The molecule has 3 heteroatoms. The number of para-hydroxylation sites is 1. The second kappa shape index (κ2) is 6.35. The maximum Gasteiger partial charge on any atom is 0.258 e. The monoisotopic (exact) mass is 268 g/mol. The summed E-state index contributed by atoms with van der Waals surface area (Å²) in [6, 6.07) is 15.5. The number of amides is 1. The number of anilines is 1. The Morgan fingerprint density at radius 1 is 1.15 bits per heavy atom. The third-order valence-electron chi connectivity index (χ3n) is 3.39. The number of hydrogen-bond donors (Lipinski definition) is 1. The molecular weight excluding hydrogens is 248 g/mol. The fraction of sp³-hybridized carbons (Fsp3) is 0.235. The van der Waals surface area contributed by atoms with Crippen molar-refractivity contribution in [3.05, 3.63) is 65.2 Å². The zero-order valence-corrected chi connectivity index (χ0v) is 12.0. The van der Waals surface area contributed by atoms with Crippen molar-refractivity contribution in [1.82, 2.24) is 0 Å². The number of carbonyl (C=O) groups is 1. The Labute approximate surface area is 120 Å². The van der Waals surface area contributed by atoms with E-state index >= 15 is 0 Å². The van der Waals surface area contributed by atoms with E-state index in [1.54, 1.807) is 11.9 Å². The van der Waals surface area contributed by atoms with Gasteiger partial charge in [0.05, 0.1) is 0 Å². The topological polar surface area (TPSA) is 46.3 Å². The van der Waals surface area contributed by atoms with Gasteiger partial charge in [-0.2, -0.15) is 0 Å². The Kier molecular flexibility index (Phi) is 4.53. The predicted octanol–water partition coefficient (Wildman–Crippen LogP) is 2.77. The van der Waals surface area contributed by atoms with Crippen LogP contribution >= 0.6 is 0 Å². The molecule has 0 saturated heterocycles. The summed E-state index contributed by atoms with van der Waals surface area (Å²) < 4.78 is 0. The number of nitrogens with two attached hydrogens (primary N) is 1. The van der Waals surface area contributed by atoms with E-state index in [0.29, 0.717) is 12.1 Å². The van der Waals surface area contributed by atoms with Crippen LogP contribution in [0.3, 0.4) is 0 Å². The molecule has 0 saturated carbocycles. The molecule has 2 rings (SSSR count). The zero-order valence-electron chi connectivity index (χ0n) is 12.0. The summed E-state index contributed by atoms with van der Waals surface area (Å²) >= 11 is 0. The summed E-state index contributed by atoms with van der Waals surface area (Å²) in [7, 11) is 1.81. The molecule has 20 heavy (non-hydrogen) atoms. The molecule has 0 fully saturated rings. The number of benzene rings is 2. The zero-order chi connectivity index (χ0) is 14.5. The largest absolute Gasteiger partial charge is 0.330 e. The molecule has 2 aromatic carbocycles. The summed E-state index contributed by atoms with van der Waals surface area (Å²) in [6.45, 7) is 2.59. The lowest BCUT2D eigenvalue weighted by atomic mass is 10.1. The van der Waals surface area contributed by atoms with E-state index < -0.39 is 0 Å². The lowest BCUT2D eigenvalue weighted by Crippen LogP contribution is -2.27. The summed E-state index contributed by atoms with van der Waals surface area (Å²) in [6.07, 6.45) is 0.787. The van der Waals surface area contributed by atoms with Crippen LogP contribution in [0.5, 0.6) is 0 Å². The fourth-order valence-electron chi connectivity index (χ4n) is 2.27. The summed E-state index contributed by atoms with van der Waals surface area (Å²) in [4.78, 5) is 14.2. The molecule has 0 aliphatic heterocycles. The van der Waals surface area contributed by atoms with E-state index in [9.17, 15) is 4.79 Å². The Balaban J connectivity index is 2.27. The highest BCUT2D eigenvalue weighted by Gasteiger charge is 2.14. The van der Waals surface area contributed by atoms with Crippen molar-refractivity contribution < 1.29 is 4.79 Å². The molecule has 104 valence electrons. The van der Waals surface area contributed by atoms with Gasteiger partial charge in [-0.15, -0.1) is 0 Å². The first-order valence-corrected chi connectivity index (χ1v) is 6.76. The van der Waals surface area contributed by atoms with Crippen LogP contribution < -0.4 is 10.6 Å². The van der Waals surface area contributed by atoms with E-state index in [4.69, 9.17) is 5.73 Å². The van der Waals surface area contributed by atoms with Gasteiger partial charge < -0.3 is 10.6 Å². The van der Waals surface area contributed by atoms with Crippen molar-refractivity contribution in [2.45, 2.75) is 13.3 Å². The minimum atomic E-state index is -0.00169. The quantitative estimate of drug-likeness (QED) is 0.926. The molecule has 0 atom stereocenters. The van der Waals surface area contributed by atoms with Gasteiger partial charge in [-0.05, 0) is 49.2 Å². The van der Waals surface area contributed by atoms with E-state index in [1.165, 1.54) is 0 Å². The maximum atomic E-state index is 12.5. The lowest BCUT2D eigenvalue weighted by Gasteiger charge is -2.19. The first-order valence-electron chi connectivity index (χ1n) is 6.76. The fourth-order valence-corrected chi connectivity index (χ4v) is 2.27. The second-order valence-corrected chi connectivity index (χ2v) is 4.89. The molecule has 0 radical (unpaired) electrons. The van der Waals surface area contributed by atoms with E-state index in [-0.39, 0.29) is 5.91 Å². The molecule has 2 aromatic rings. The van der Waals surface area contributed by atoms with Crippen LogP contribution in [-0.4, -0.2) is 19.5 Å². The van der Waals surface area contributed by atoms with Crippen LogP contribution in [0.15, 0.2) is 48.5 Å². The van der Waals surface area contributed by atoms with Crippen molar-refractivity contribution >= 4 is 11.6 Å². The Morgan fingerprint density at radius 2 is 1.90 bits per heavy atom. The van der Waals surface area contributed by atoms with E-state index in [1.807, 2.05) is 55.5 Å². The minimum absolute atomic E-state index is 0.00169. The van der Waals surface area contributed by atoms with Gasteiger partial charge in [0.25, 0.3) is 5.91 Å². The minimum Gasteiger partial charge on any atom is -0.330 e. The SMILES string of the molecule is Cc1ccccc1N(C)C(=O)c1cccc(CCN)c1. The smallest absolute Gasteiger partial charge is 0.258 e. The van der Waals surface area contributed by atoms with Gasteiger partial charge >= 0.3 is 0 Å². The summed E-state index contributed by atoms with van der Waals surface area (Å²) in [5.41, 5.74) is 9.37. The summed E-state index contributed by atoms with van der Waals surface area (Å²) in [5, 5.41) is 0. The van der Waals surface area contributed by atoms with Gasteiger partial charge in [0.2, 0.25) is 0 Å². The van der Waals surface area contributed by atoms with Crippen LogP contribution in [0, 0.1) is 6.92 Å². The standard InChI is InChI=1S/C17H20N2O/c1-13-6-3-4-9-16(13)19(2)17(20)15-8-5-7-14(12-15)10-11-18/h3-9,12H,10-11,18H2,1-2H3. The molecule has 0 unspecified atom stereocenters. The van der Waals surface area contributed by atoms with Gasteiger partial charge in [-0.1, -0.05) is 30.3 Å². The molecule has 0 heterocycles. The van der Waals surface area contributed by atoms with Gasteiger partial charge in [0.1, 0.15) is 0 Å². The van der Waals surface area contributed by atoms with Crippen LogP contribution in [0.2, 0.25) is 0 Å². The molecule has 0 aliphatic rings. The average molecular weight is 268 g/mol. The highest BCUT2D eigenvalue weighted by atomic mass is 16.2. The van der Waals surface area contributed by atoms with Gasteiger partial charge in [-0.3, -0.25) is 4.79 Å². The van der Waals surface area contributed by atoms with Crippen LogP contribution in [-0.2, 0) is 6.42 Å². The summed E-state index contributed by atoms with van der Waals surface area (Å²) in [5.74, 6) is -0.00169. The van der Waals surface area contributed by atoms with Crippen LogP contribution in [0.1, 0.15) is 21.5 Å². The van der Waals surface area contributed by atoms with Crippen LogP contribution in [0.25, 0.3) is 0 Å². The molecule has 0 spiro atoms. The van der Waals surface area contributed by atoms with Gasteiger partial charge in [0.15, 0.2) is 0 Å². The van der Waals surface area contributed by atoms with Crippen molar-refractivity contribution in [3.63, 3.8) is 0 Å². The third-order valence-corrected chi connectivity index (χ3v) is 3.39. The maximum absolute atomic E-state index is 12.5. The van der Waals surface area contributed by atoms with Crippen molar-refractivity contribution in [2.24, 2.45) is 5.73 Å². The average Bonchev–Trinajstić information content (AvgIpc) is 2.47. The molecule has 0 aromatic heterocycles. The second-order valence-electron chi connectivity index (χ2n) is 4.89. The van der Waals surface area contributed by atoms with Crippen LogP contribution in [0.4, 0.5) is 5.69 Å². The van der Waals surface area contributed by atoms with Gasteiger partial charge in [-0.25, -0.2) is 0 Å². The molecular formula is C17H20N2O. The predicted molar refractivity (Wildman–Crippen MR) is 83.1 cm³/mol. The highest BCUT2D eigenvalue weighted by molar-refractivity contribution is 6.06. The molecule has 0 aliphatic carbocycles. The Morgan fingerprint density at radius 3 is 2.60 bits per heavy atom.